The Morgan fingerprint density at radius 3 is 2.22 bits per heavy atom. The lowest BCUT2D eigenvalue weighted by atomic mass is 9.93. The van der Waals surface area contributed by atoms with E-state index in [4.69, 9.17) is 0 Å². The van der Waals surface area contributed by atoms with Crippen molar-refractivity contribution in [1.82, 2.24) is 19.7 Å². The molecule has 4 nitrogen and oxygen atoms in total. The molecular weight excluding hydrogens is 548 g/mol. The molecule has 2 heterocycles. The highest BCUT2D eigenvalue weighted by Crippen LogP contribution is 2.44. The van der Waals surface area contributed by atoms with Crippen LogP contribution in [0.5, 0.6) is 0 Å². The normalized spacial score (nSPS) is 12.0. The summed E-state index contributed by atoms with van der Waals surface area (Å²) in [6.07, 6.45) is 3.46. The molecule has 212 valence electrons. The first-order valence-electron chi connectivity index (χ1n) is 15.4. The first-order chi connectivity index (χ1) is 22.3. The molecule has 0 N–H and O–H groups in total. The lowest BCUT2D eigenvalue weighted by Gasteiger charge is -2.15. The minimum absolute atomic E-state index is 0.627. The number of aromatic nitrogens is 4. The van der Waals surface area contributed by atoms with Crippen molar-refractivity contribution in [3.8, 4) is 39.3 Å². The maximum absolute atomic E-state index is 4.65. The number of benzene rings is 6. The van der Waals surface area contributed by atoms with Crippen molar-refractivity contribution in [1.29, 1.82) is 0 Å². The highest BCUT2D eigenvalue weighted by atomic mass is 15.2. The highest BCUT2D eigenvalue weighted by Gasteiger charge is 2.22. The molecule has 1 aliphatic carbocycles. The minimum Gasteiger partial charge on any atom is -0.309 e. The van der Waals surface area contributed by atoms with Crippen LogP contribution in [-0.2, 0) is 12.8 Å². The summed E-state index contributed by atoms with van der Waals surface area (Å²) >= 11 is 0. The van der Waals surface area contributed by atoms with Crippen LogP contribution < -0.4 is 0 Å². The second-order valence-electron chi connectivity index (χ2n) is 11.7. The van der Waals surface area contributed by atoms with Crippen LogP contribution in [0.2, 0.25) is 0 Å². The Hall–Kier alpha value is -5.87. The fourth-order valence-electron chi connectivity index (χ4n) is 7.00. The van der Waals surface area contributed by atoms with Crippen LogP contribution in [0.4, 0.5) is 0 Å². The molecule has 2 aromatic heterocycles. The average molecular weight is 577 g/mol. The molecule has 0 saturated carbocycles. The topological polar surface area (TPSA) is 43.6 Å². The number of rotatable bonds is 5. The molecule has 0 saturated heterocycles. The van der Waals surface area contributed by atoms with Gasteiger partial charge in [0.25, 0.3) is 0 Å². The Bertz CT molecular complexity index is 2370. The molecule has 9 rings (SSSR count). The zero-order chi connectivity index (χ0) is 29.7. The third-order valence-electron chi connectivity index (χ3n) is 9.05. The Balaban J connectivity index is 1.19. The van der Waals surface area contributed by atoms with E-state index in [0.29, 0.717) is 12.2 Å². The molecule has 4 heteroatoms. The number of para-hydroxylation sites is 2. The molecule has 0 radical (unpaired) electrons. The van der Waals surface area contributed by atoms with E-state index >= 15 is 0 Å². The Morgan fingerprint density at radius 2 is 1.31 bits per heavy atom. The van der Waals surface area contributed by atoms with E-state index in [-0.39, 0.29) is 0 Å². The third-order valence-corrected chi connectivity index (χ3v) is 9.05. The summed E-state index contributed by atoms with van der Waals surface area (Å²) in [5.74, 6) is 0.637. The second kappa shape index (κ2) is 10.4. The van der Waals surface area contributed by atoms with Crippen LogP contribution in [0.1, 0.15) is 22.4 Å². The predicted octanol–water partition coefficient (Wildman–Crippen LogP) is 9.46. The van der Waals surface area contributed by atoms with Crippen molar-refractivity contribution in [3.05, 3.63) is 168 Å². The number of hydrogen-bond acceptors (Lipinski definition) is 3. The Morgan fingerprint density at radius 1 is 0.556 bits per heavy atom. The van der Waals surface area contributed by atoms with E-state index in [1.165, 1.54) is 60.8 Å². The molecule has 0 unspecified atom stereocenters. The van der Waals surface area contributed by atoms with Gasteiger partial charge in [-0.25, -0.2) is 4.98 Å². The molecule has 8 aromatic rings. The van der Waals surface area contributed by atoms with Gasteiger partial charge in [0, 0.05) is 28.4 Å². The maximum Gasteiger partial charge on any atom is 0.181 e. The molecule has 0 spiro atoms. The van der Waals surface area contributed by atoms with Crippen molar-refractivity contribution in [2.45, 2.75) is 12.8 Å². The van der Waals surface area contributed by atoms with Crippen LogP contribution >= 0.6 is 0 Å². The van der Waals surface area contributed by atoms with Crippen LogP contribution in [-0.4, -0.2) is 19.7 Å². The second-order valence-corrected chi connectivity index (χ2v) is 11.7. The zero-order valence-corrected chi connectivity index (χ0v) is 24.6. The van der Waals surface area contributed by atoms with Gasteiger partial charge in [-0.05, 0) is 63.6 Å². The molecule has 6 aromatic carbocycles. The smallest absolute Gasteiger partial charge is 0.181 e. The molecule has 45 heavy (non-hydrogen) atoms. The highest BCUT2D eigenvalue weighted by molar-refractivity contribution is 6.10. The summed E-state index contributed by atoms with van der Waals surface area (Å²) in [6, 6.07) is 49.8. The van der Waals surface area contributed by atoms with E-state index in [0.717, 1.165) is 23.4 Å². The Labute approximate surface area is 261 Å². The Kier molecular flexibility index (Phi) is 5.91. The van der Waals surface area contributed by atoms with E-state index in [9.17, 15) is 0 Å². The first-order valence-corrected chi connectivity index (χ1v) is 15.4. The van der Waals surface area contributed by atoms with E-state index in [1.54, 1.807) is 0 Å². The fraction of sp³-hybridized carbons (Fsp3) is 0.0488. The van der Waals surface area contributed by atoms with Crippen molar-refractivity contribution in [2.24, 2.45) is 0 Å². The van der Waals surface area contributed by atoms with Crippen molar-refractivity contribution in [2.75, 3.05) is 0 Å². The fourth-order valence-corrected chi connectivity index (χ4v) is 7.00. The number of hydrogen-bond donors (Lipinski definition) is 0. The molecule has 0 aliphatic heterocycles. The van der Waals surface area contributed by atoms with Gasteiger partial charge in [-0.3, -0.25) is 0 Å². The third kappa shape index (κ3) is 4.26. The number of nitrogens with zero attached hydrogens (tertiary/aromatic N) is 4. The lowest BCUT2D eigenvalue weighted by molar-refractivity contribution is 0.895. The SMILES string of the molecule is c1ccc(-c2ncc(Cc3ccccc3-n3c4ccccc4c4ccc(-c5cccc6c5-c5ccccc5C6)cc43)nn2)cc1. The van der Waals surface area contributed by atoms with Gasteiger partial charge in [0.1, 0.15) is 0 Å². The quantitative estimate of drug-likeness (QED) is 0.205. The van der Waals surface area contributed by atoms with Crippen molar-refractivity contribution >= 4 is 21.8 Å². The van der Waals surface area contributed by atoms with Gasteiger partial charge >= 0.3 is 0 Å². The largest absolute Gasteiger partial charge is 0.309 e. The molecule has 1 aliphatic rings. The van der Waals surface area contributed by atoms with Crippen LogP contribution in [0.25, 0.3) is 61.1 Å². The van der Waals surface area contributed by atoms with Crippen LogP contribution in [0.3, 0.4) is 0 Å². The van der Waals surface area contributed by atoms with Crippen LogP contribution in [0, 0.1) is 0 Å². The molecule has 0 fully saturated rings. The van der Waals surface area contributed by atoms with Gasteiger partial charge in [-0.1, -0.05) is 121 Å². The van der Waals surface area contributed by atoms with Gasteiger partial charge in [-0.15, -0.1) is 5.10 Å². The number of fused-ring (bicyclic) bond motifs is 6. The minimum atomic E-state index is 0.627. The van der Waals surface area contributed by atoms with E-state index in [2.05, 4.69) is 129 Å². The summed E-state index contributed by atoms with van der Waals surface area (Å²) < 4.78 is 2.42. The van der Waals surface area contributed by atoms with Gasteiger partial charge in [0.05, 0.1) is 22.9 Å². The monoisotopic (exact) mass is 576 g/mol. The lowest BCUT2D eigenvalue weighted by Crippen LogP contribution is -2.03. The van der Waals surface area contributed by atoms with Crippen molar-refractivity contribution < 1.29 is 0 Å². The maximum atomic E-state index is 4.65. The molecule has 0 amide bonds. The predicted molar refractivity (Wildman–Crippen MR) is 183 cm³/mol. The summed E-state index contributed by atoms with van der Waals surface area (Å²) in [6.45, 7) is 0. The van der Waals surface area contributed by atoms with Gasteiger partial charge in [0.2, 0.25) is 0 Å². The summed E-state index contributed by atoms with van der Waals surface area (Å²) in [5.41, 5.74) is 14.5. The molecule has 0 atom stereocenters. The van der Waals surface area contributed by atoms with Crippen molar-refractivity contribution in [3.63, 3.8) is 0 Å². The first kappa shape index (κ1) is 25.6. The van der Waals surface area contributed by atoms with Gasteiger partial charge < -0.3 is 4.57 Å². The van der Waals surface area contributed by atoms with E-state index in [1.807, 2.05) is 36.5 Å². The standard InChI is InChI=1S/C41H28N4/c1-2-11-27(12-3-1)41-42-26-32(43-44-41)24-30-14-5-8-19-37(30)45-38-20-9-7-17-35(38)36-22-21-29(25-39(36)45)34-18-10-15-31-23-28-13-4-6-16-33(28)40(31)34/h1-22,25-26H,23-24H2. The van der Waals surface area contributed by atoms with Crippen LogP contribution in [0.15, 0.2) is 146 Å². The summed E-state index contributed by atoms with van der Waals surface area (Å²) in [5, 5.41) is 11.5. The molecule has 0 bridgehead atoms. The molecular formula is C41H28N4. The van der Waals surface area contributed by atoms with Gasteiger partial charge in [-0.2, -0.15) is 5.10 Å². The van der Waals surface area contributed by atoms with E-state index < -0.39 is 0 Å². The van der Waals surface area contributed by atoms with Gasteiger partial charge in [0.15, 0.2) is 5.82 Å². The summed E-state index contributed by atoms with van der Waals surface area (Å²) in [7, 11) is 0. The average Bonchev–Trinajstić information content (AvgIpc) is 3.65. The summed E-state index contributed by atoms with van der Waals surface area (Å²) in [4.78, 5) is 4.65. The zero-order valence-electron chi connectivity index (χ0n) is 24.6.